The number of benzene rings is 1. The van der Waals surface area contributed by atoms with Crippen LogP contribution < -0.4 is 10.6 Å². The summed E-state index contributed by atoms with van der Waals surface area (Å²) in [4.78, 5) is 11.7. The highest BCUT2D eigenvalue weighted by atomic mass is 79.9. The van der Waals surface area contributed by atoms with Gasteiger partial charge >= 0.3 is 0 Å². The summed E-state index contributed by atoms with van der Waals surface area (Å²) in [6.07, 6.45) is 0. The Morgan fingerprint density at radius 1 is 1.38 bits per heavy atom. The Balaban J connectivity index is 2.93. The lowest BCUT2D eigenvalue weighted by molar-refractivity contribution is -0.117. The van der Waals surface area contributed by atoms with E-state index >= 15 is 0 Å². The van der Waals surface area contributed by atoms with Crippen molar-refractivity contribution >= 4 is 27.5 Å². The Bertz CT molecular complexity index is 381. The number of halogens is 1. The van der Waals surface area contributed by atoms with E-state index in [2.05, 4.69) is 26.6 Å². The highest BCUT2D eigenvalue weighted by molar-refractivity contribution is 9.10. The molecular formula is C12H17BrN2O. The number of likely N-dealkylation sites (N-methyl/N-ethyl adjacent to an activating group) is 1. The minimum Gasteiger partial charge on any atom is -0.323 e. The van der Waals surface area contributed by atoms with Crippen LogP contribution >= 0.6 is 15.9 Å². The zero-order valence-corrected chi connectivity index (χ0v) is 11.6. The molecule has 0 aliphatic rings. The maximum atomic E-state index is 11.7. The third kappa shape index (κ3) is 3.06. The maximum Gasteiger partial charge on any atom is 0.241 e. The molecule has 0 spiro atoms. The molecule has 1 rings (SSSR count). The van der Waals surface area contributed by atoms with Gasteiger partial charge in [-0.3, -0.25) is 4.79 Å². The van der Waals surface area contributed by atoms with Crippen LogP contribution in [0.15, 0.2) is 16.6 Å². The fourth-order valence-corrected chi connectivity index (χ4v) is 2.21. The average Bonchev–Trinajstić information content (AvgIpc) is 2.21. The molecule has 0 aliphatic heterocycles. The van der Waals surface area contributed by atoms with E-state index in [4.69, 9.17) is 0 Å². The van der Waals surface area contributed by atoms with E-state index in [0.717, 1.165) is 15.7 Å². The van der Waals surface area contributed by atoms with Gasteiger partial charge in [0.1, 0.15) is 0 Å². The minimum atomic E-state index is -0.201. The standard InChI is InChI=1S/C12H17BrN2O/c1-7-5-8(2)11(10(13)6-7)15-12(16)9(3)14-4/h5-6,9,14H,1-4H3,(H,15,16). The smallest absolute Gasteiger partial charge is 0.241 e. The van der Waals surface area contributed by atoms with Crippen molar-refractivity contribution < 1.29 is 4.79 Å². The molecule has 2 N–H and O–H groups in total. The van der Waals surface area contributed by atoms with Crippen molar-refractivity contribution in [1.29, 1.82) is 0 Å². The van der Waals surface area contributed by atoms with Gasteiger partial charge in [-0.15, -0.1) is 0 Å². The van der Waals surface area contributed by atoms with Crippen LogP contribution in [-0.2, 0) is 4.79 Å². The van der Waals surface area contributed by atoms with Crippen LogP contribution in [0.3, 0.4) is 0 Å². The molecule has 0 saturated heterocycles. The molecule has 0 aliphatic carbocycles. The van der Waals surface area contributed by atoms with Crippen LogP contribution in [0.2, 0.25) is 0 Å². The molecule has 1 aromatic carbocycles. The monoisotopic (exact) mass is 284 g/mol. The lowest BCUT2D eigenvalue weighted by atomic mass is 10.1. The lowest BCUT2D eigenvalue weighted by Gasteiger charge is -2.15. The van der Waals surface area contributed by atoms with Crippen LogP contribution in [0.4, 0.5) is 5.69 Å². The second-order valence-electron chi connectivity index (χ2n) is 3.94. The van der Waals surface area contributed by atoms with Crippen molar-refractivity contribution in [2.45, 2.75) is 26.8 Å². The number of nitrogens with one attached hydrogen (secondary N) is 2. The number of hydrogen-bond donors (Lipinski definition) is 2. The van der Waals surface area contributed by atoms with E-state index in [1.165, 1.54) is 5.56 Å². The van der Waals surface area contributed by atoms with Crippen LogP contribution in [0.5, 0.6) is 0 Å². The summed E-state index contributed by atoms with van der Waals surface area (Å²) < 4.78 is 0.918. The van der Waals surface area contributed by atoms with Crippen molar-refractivity contribution in [3.8, 4) is 0 Å². The molecule has 1 atom stereocenters. The van der Waals surface area contributed by atoms with Gasteiger partial charge < -0.3 is 10.6 Å². The Morgan fingerprint density at radius 2 is 2.00 bits per heavy atom. The summed E-state index contributed by atoms with van der Waals surface area (Å²) in [7, 11) is 1.77. The number of carbonyl (C=O) groups excluding carboxylic acids is 1. The largest absolute Gasteiger partial charge is 0.323 e. The van der Waals surface area contributed by atoms with Gasteiger partial charge in [0, 0.05) is 4.47 Å². The molecule has 0 aromatic heterocycles. The molecule has 0 saturated carbocycles. The molecule has 1 aromatic rings. The van der Waals surface area contributed by atoms with Crippen LogP contribution in [0, 0.1) is 13.8 Å². The zero-order chi connectivity index (χ0) is 12.3. The number of amides is 1. The SMILES string of the molecule is CNC(C)C(=O)Nc1c(C)cc(C)cc1Br. The number of aryl methyl sites for hydroxylation is 2. The summed E-state index contributed by atoms with van der Waals surface area (Å²) in [6.45, 7) is 5.84. The predicted octanol–water partition coefficient (Wildman–Crippen LogP) is 2.61. The minimum absolute atomic E-state index is 0.0323. The zero-order valence-electron chi connectivity index (χ0n) is 10.0. The topological polar surface area (TPSA) is 41.1 Å². The van der Waals surface area contributed by atoms with E-state index < -0.39 is 0 Å². The molecule has 0 heterocycles. The summed E-state index contributed by atoms with van der Waals surface area (Å²) in [5, 5.41) is 5.82. The van der Waals surface area contributed by atoms with Crippen molar-refractivity contribution in [1.82, 2.24) is 5.32 Å². The Morgan fingerprint density at radius 3 is 2.50 bits per heavy atom. The van der Waals surface area contributed by atoms with E-state index in [0.29, 0.717) is 0 Å². The first kappa shape index (κ1) is 13.2. The summed E-state index contributed by atoms with van der Waals surface area (Å²) in [5.41, 5.74) is 3.07. The van der Waals surface area contributed by atoms with Crippen molar-refractivity contribution in [2.24, 2.45) is 0 Å². The molecule has 16 heavy (non-hydrogen) atoms. The van der Waals surface area contributed by atoms with Gasteiger partial charge in [-0.05, 0) is 60.9 Å². The summed E-state index contributed by atoms with van der Waals surface area (Å²) in [5.74, 6) is -0.0323. The predicted molar refractivity (Wildman–Crippen MR) is 70.8 cm³/mol. The normalized spacial score (nSPS) is 12.3. The first-order chi connectivity index (χ1) is 7.45. The van der Waals surface area contributed by atoms with E-state index in [-0.39, 0.29) is 11.9 Å². The molecule has 1 amide bonds. The molecule has 0 fully saturated rings. The lowest BCUT2D eigenvalue weighted by Crippen LogP contribution is -2.35. The Labute approximate surface area is 105 Å². The van der Waals surface area contributed by atoms with Gasteiger partial charge in [-0.1, -0.05) is 6.07 Å². The highest BCUT2D eigenvalue weighted by Crippen LogP contribution is 2.27. The van der Waals surface area contributed by atoms with Crippen molar-refractivity contribution in [3.05, 3.63) is 27.7 Å². The quantitative estimate of drug-likeness (QED) is 0.896. The summed E-state index contributed by atoms with van der Waals surface area (Å²) >= 11 is 3.46. The van der Waals surface area contributed by atoms with Crippen molar-refractivity contribution in [2.75, 3.05) is 12.4 Å². The third-order valence-corrected chi connectivity index (χ3v) is 3.13. The second kappa shape index (κ2) is 5.46. The Hall–Kier alpha value is -0.870. The van der Waals surface area contributed by atoms with Crippen LogP contribution in [0.25, 0.3) is 0 Å². The van der Waals surface area contributed by atoms with Crippen molar-refractivity contribution in [3.63, 3.8) is 0 Å². The van der Waals surface area contributed by atoms with Gasteiger partial charge in [-0.2, -0.15) is 0 Å². The van der Waals surface area contributed by atoms with Gasteiger partial charge in [0.15, 0.2) is 0 Å². The van der Waals surface area contributed by atoms with Gasteiger partial charge in [0.25, 0.3) is 0 Å². The van der Waals surface area contributed by atoms with Crippen LogP contribution in [-0.4, -0.2) is 19.0 Å². The Kier molecular flexibility index (Phi) is 4.50. The number of hydrogen-bond acceptors (Lipinski definition) is 2. The molecule has 88 valence electrons. The second-order valence-corrected chi connectivity index (χ2v) is 4.79. The molecule has 3 nitrogen and oxygen atoms in total. The molecular weight excluding hydrogens is 268 g/mol. The van der Waals surface area contributed by atoms with Gasteiger partial charge in [-0.25, -0.2) is 0 Å². The fourth-order valence-electron chi connectivity index (χ4n) is 1.44. The molecule has 0 bridgehead atoms. The third-order valence-electron chi connectivity index (χ3n) is 2.51. The van der Waals surface area contributed by atoms with Gasteiger partial charge in [0.05, 0.1) is 11.7 Å². The molecule has 4 heteroatoms. The maximum absolute atomic E-state index is 11.7. The number of anilines is 1. The van der Waals surface area contributed by atoms with E-state index in [1.807, 2.05) is 32.9 Å². The fraction of sp³-hybridized carbons (Fsp3) is 0.417. The number of carbonyl (C=O) groups is 1. The number of rotatable bonds is 3. The summed E-state index contributed by atoms with van der Waals surface area (Å²) in [6, 6.07) is 3.84. The van der Waals surface area contributed by atoms with Crippen LogP contribution in [0.1, 0.15) is 18.1 Å². The van der Waals surface area contributed by atoms with E-state index in [9.17, 15) is 4.79 Å². The highest BCUT2D eigenvalue weighted by Gasteiger charge is 2.13. The first-order valence-electron chi connectivity index (χ1n) is 5.20. The molecule has 0 radical (unpaired) electrons. The first-order valence-corrected chi connectivity index (χ1v) is 6.00. The average molecular weight is 285 g/mol. The van der Waals surface area contributed by atoms with Gasteiger partial charge in [0.2, 0.25) is 5.91 Å². The van der Waals surface area contributed by atoms with E-state index in [1.54, 1.807) is 7.05 Å². The molecule has 1 unspecified atom stereocenters.